The zero-order valence-electron chi connectivity index (χ0n) is 43.2. The predicted molar refractivity (Wildman–Crippen MR) is 275 cm³/mol. The Hall–Kier alpha value is -6.49. The minimum atomic E-state index is -1.69. The number of aliphatic imine (C=N–C) groups is 2. The first kappa shape index (κ1) is 65.5. The van der Waals surface area contributed by atoms with Crippen molar-refractivity contribution >= 4 is 82.9 Å². The van der Waals surface area contributed by atoms with Crippen LogP contribution in [0.15, 0.2) is 9.98 Å². The van der Waals surface area contributed by atoms with Gasteiger partial charge in [0.2, 0.25) is 47.3 Å². The average molecular weight is 1070 g/mol. The number of hydrogen-bond donors (Lipinski definition) is 15. The van der Waals surface area contributed by atoms with E-state index < -0.39 is 145 Å². The highest BCUT2D eigenvalue weighted by Crippen LogP contribution is 2.23. The van der Waals surface area contributed by atoms with E-state index >= 15 is 0 Å². The molecule has 1 heterocycles. The number of carbonyl (C=O) groups excluding carboxylic acids is 8. The lowest BCUT2D eigenvalue weighted by Gasteiger charge is -2.34. The smallest absolute Gasteiger partial charge is 0.328 e. The summed E-state index contributed by atoms with van der Waals surface area (Å²) in [6.45, 7) is 7.72. The van der Waals surface area contributed by atoms with Gasteiger partial charge in [-0.2, -0.15) is 11.8 Å². The van der Waals surface area contributed by atoms with Crippen LogP contribution in [-0.2, 0) is 47.9 Å². The molecule has 0 aromatic carbocycles. The van der Waals surface area contributed by atoms with Gasteiger partial charge in [0.1, 0.15) is 36.3 Å². The third kappa shape index (κ3) is 23.6. The summed E-state index contributed by atoms with van der Waals surface area (Å²) < 4.78 is 0. The van der Waals surface area contributed by atoms with Gasteiger partial charge in [0.15, 0.2) is 18.0 Å². The van der Waals surface area contributed by atoms with Crippen molar-refractivity contribution in [3.05, 3.63) is 0 Å². The molecule has 0 saturated carbocycles. The van der Waals surface area contributed by atoms with Crippen LogP contribution in [0.25, 0.3) is 0 Å². The van der Waals surface area contributed by atoms with E-state index in [9.17, 15) is 63.3 Å². The number of guanidine groups is 2. The molecule has 0 bridgehead atoms. The number of likely N-dealkylation sites (tertiary alicyclic amines) is 1. The van der Waals surface area contributed by atoms with Gasteiger partial charge in [0, 0.05) is 26.1 Å². The summed E-state index contributed by atoms with van der Waals surface area (Å²) in [5.74, 6) is -10.0. The van der Waals surface area contributed by atoms with Gasteiger partial charge < -0.3 is 86.1 Å². The number of nitrogens with zero attached hydrogens (tertiary/aromatic N) is 3. The summed E-state index contributed by atoms with van der Waals surface area (Å²) >= 11 is 1.42. The summed E-state index contributed by atoms with van der Waals surface area (Å²) in [5.41, 5.74) is 27.9. The molecule has 0 radical (unpaired) electrons. The van der Waals surface area contributed by atoms with Crippen LogP contribution in [0.5, 0.6) is 0 Å². The molecule has 0 unspecified atom stereocenters. The fraction of sp³-hybridized carbons (Fsp3) is 0.733. The highest BCUT2D eigenvalue weighted by Gasteiger charge is 2.42. The van der Waals surface area contributed by atoms with Crippen LogP contribution in [0, 0.1) is 11.8 Å². The number of carboxylic acids is 2. The van der Waals surface area contributed by atoms with Crippen LogP contribution in [-0.4, -0.2) is 184 Å². The molecule has 0 aromatic rings. The first-order valence-electron chi connectivity index (χ1n) is 24.7. The van der Waals surface area contributed by atoms with Gasteiger partial charge in [0.25, 0.3) is 0 Å². The number of nitrogens with one attached hydrogen (secondary N) is 7. The maximum atomic E-state index is 14.5. The molecule has 74 heavy (non-hydrogen) atoms. The Morgan fingerprint density at radius 2 is 1.19 bits per heavy atom. The SMILES string of the molecule is CC[C@H](C)[C@H](NC(=O)[C@H](CCCN=C(N)N)NC(=O)[C@H](CCSC)NC(=O)[C@@H](N)CCCN=C(N)N)C(=O)N[C@H](C(=O)N1CCC[C@H]1C(=O)N[C@@H](CCC(=O)O)C(=O)NCC(=O)N[C@H](C(=O)O)[C@@H](C)O)[C@@H](C)CC. The molecule has 0 aromatic heterocycles. The topological polar surface area (TPSA) is 474 Å². The largest absolute Gasteiger partial charge is 0.481 e. The van der Waals surface area contributed by atoms with E-state index in [0.29, 0.717) is 31.4 Å². The van der Waals surface area contributed by atoms with Crippen molar-refractivity contribution in [2.45, 2.75) is 160 Å². The van der Waals surface area contributed by atoms with E-state index in [2.05, 4.69) is 41.9 Å². The second-order valence-electron chi connectivity index (χ2n) is 18.2. The molecule has 1 rings (SSSR count). The molecule has 1 aliphatic rings. The highest BCUT2D eigenvalue weighted by molar-refractivity contribution is 7.98. The molecule has 8 amide bonds. The zero-order valence-corrected chi connectivity index (χ0v) is 44.0. The maximum Gasteiger partial charge on any atom is 0.328 e. The quantitative estimate of drug-likeness (QED) is 0.0162. The lowest BCUT2D eigenvalue weighted by Crippen LogP contribution is -2.61. The fourth-order valence-corrected chi connectivity index (χ4v) is 8.02. The minimum Gasteiger partial charge on any atom is -0.481 e. The lowest BCUT2D eigenvalue weighted by atomic mass is 9.94. The van der Waals surface area contributed by atoms with Crippen LogP contribution in [0.4, 0.5) is 0 Å². The zero-order chi connectivity index (χ0) is 56.2. The molecular formula is C45H81N15O13S. The molecular weight excluding hydrogens is 991 g/mol. The maximum absolute atomic E-state index is 14.5. The summed E-state index contributed by atoms with van der Waals surface area (Å²) in [5, 5.41) is 46.0. The fourth-order valence-electron chi connectivity index (χ4n) is 7.55. The molecule has 420 valence electrons. The molecule has 0 aliphatic carbocycles. The third-order valence-corrected chi connectivity index (χ3v) is 12.9. The number of nitrogens with two attached hydrogens (primary N) is 5. The number of aliphatic hydroxyl groups is 1. The summed E-state index contributed by atoms with van der Waals surface area (Å²) in [6.07, 6.45) is 1.50. The van der Waals surface area contributed by atoms with Gasteiger partial charge >= 0.3 is 11.9 Å². The van der Waals surface area contributed by atoms with Crippen LogP contribution in [0.3, 0.4) is 0 Å². The molecule has 20 N–H and O–H groups in total. The van der Waals surface area contributed by atoms with Crippen molar-refractivity contribution in [3.63, 3.8) is 0 Å². The molecule has 0 spiro atoms. The van der Waals surface area contributed by atoms with Crippen LogP contribution < -0.4 is 65.9 Å². The van der Waals surface area contributed by atoms with E-state index in [0.717, 1.165) is 6.92 Å². The highest BCUT2D eigenvalue weighted by atomic mass is 32.2. The van der Waals surface area contributed by atoms with E-state index in [1.807, 2.05) is 11.6 Å². The number of carboxylic acid groups (broad SMARTS) is 2. The van der Waals surface area contributed by atoms with Crippen LogP contribution in [0.1, 0.15) is 105 Å². The van der Waals surface area contributed by atoms with Crippen LogP contribution >= 0.6 is 11.8 Å². The molecule has 1 fully saturated rings. The Morgan fingerprint density at radius 1 is 0.662 bits per heavy atom. The Kier molecular flexibility index (Phi) is 30.2. The van der Waals surface area contributed by atoms with Crippen molar-refractivity contribution in [2.24, 2.45) is 50.5 Å². The summed E-state index contributed by atoms with van der Waals surface area (Å²) in [4.78, 5) is 142. The van der Waals surface area contributed by atoms with E-state index in [4.69, 9.17) is 28.7 Å². The number of thioether (sulfide) groups is 1. The lowest BCUT2D eigenvalue weighted by molar-refractivity contribution is -0.144. The van der Waals surface area contributed by atoms with E-state index in [1.54, 1.807) is 27.7 Å². The van der Waals surface area contributed by atoms with Gasteiger partial charge in [0.05, 0.1) is 18.7 Å². The Balaban J connectivity index is 3.41. The monoisotopic (exact) mass is 1070 g/mol. The molecule has 1 saturated heterocycles. The third-order valence-electron chi connectivity index (χ3n) is 12.3. The molecule has 1 aliphatic heterocycles. The Labute approximate surface area is 435 Å². The van der Waals surface area contributed by atoms with Gasteiger partial charge in [-0.1, -0.05) is 40.5 Å². The van der Waals surface area contributed by atoms with Crippen molar-refractivity contribution in [2.75, 3.05) is 38.2 Å². The number of hydrogen-bond acceptors (Lipinski definition) is 15. The average Bonchev–Trinajstić information content (AvgIpc) is 3.84. The van der Waals surface area contributed by atoms with Gasteiger partial charge in [-0.15, -0.1) is 0 Å². The van der Waals surface area contributed by atoms with Gasteiger partial charge in [-0.3, -0.25) is 53.1 Å². The minimum absolute atomic E-state index is 0.00553. The first-order valence-corrected chi connectivity index (χ1v) is 26.1. The number of carbonyl (C=O) groups is 10. The number of rotatable bonds is 35. The standard InChI is InChI=1S/C45H81N15O13S/c1-7-23(3)33(58-39(68)27(13-10-19-52-45(49)50)55-38(67)29(17-21-74-6)54-36(65)26(46)12-9-18-51-44(47)48)41(70)59-34(24(4)8-2)42(71)60-20-11-14-30(60)40(69)56-28(15-16-32(63)64)37(66)53-22-31(62)57-35(25(5)61)43(72)73/h23-30,33-35,61H,7-22,46H2,1-6H3,(H,53,66)(H,54,65)(H,55,67)(H,56,69)(H,57,62)(H,58,68)(H,59,70)(H,63,64)(H,72,73)(H4,47,48,51)(H4,49,50,52)/t23-,24-,25+,26-,27-,28-,29-,30-,33-,34-,35-/m0/s1. The van der Waals surface area contributed by atoms with Crippen molar-refractivity contribution in [3.8, 4) is 0 Å². The molecule has 28 nitrogen and oxygen atoms in total. The van der Waals surface area contributed by atoms with Crippen molar-refractivity contribution in [1.82, 2.24) is 42.1 Å². The summed E-state index contributed by atoms with van der Waals surface area (Å²) in [7, 11) is 0. The number of aliphatic carboxylic acids is 2. The van der Waals surface area contributed by atoms with Crippen molar-refractivity contribution < 1.29 is 63.3 Å². The van der Waals surface area contributed by atoms with Crippen LogP contribution in [0.2, 0.25) is 0 Å². The second kappa shape index (κ2) is 34.1. The summed E-state index contributed by atoms with van der Waals surface area (Å²) in [6, 6.07) is -10.3. The number of aliphatic hydroxyl groups excluding tert-OH is 1. The molecule has 11 atom stereocenters. The Morgan fingerprint density at radius 3 is 1.73 bits per heavy atom. The second-order valence-corrected chi connectivity index (χ2v) is 19.2. The predicted octanol–water partition coefficient (Wildman–Crippen LogP) is -4.39. The van der Waals surface area contributed by atoms with Gasteiger partial charge in [-0.25, -0.2) is 4.79 Å². The molecule has 29 heteroatoms. The van der Waals surface area contributed by atoms with Gasteiger partial charge in [-0.05, 0) is 82.1 Å². The first-order chi connectivity index (χ1) is 34.8. The van der Waals surface area contributed by atoms with E-state index in [1.165, 1.54) is 16.7 Å². The normalized spacial score (nSPS) is 17.1. The number of amides is 8. The van der Waals surface area contributed by atoms with Crippen molar-refractivity contribution in [1.29, 1.82) is 0 Å². The van der Waals surface area contributed by atoms with E-state index in [-0.39, 0.29) is 63.7 Å². The Bertz CT molecular complexity index is 1970.